The number of hydrogen-bond donors (Lipinski definition) is 3. The molecular formula is C15H21N3O2. The molecule has 5 nitrogen and oxygen atoms in total. The summed E-state index contributed by atoms with van der Waals surface area (Å²) >= 11 is 0. The van der Waals surface area contributed by atoms with E-state index in [0.717, 1.165) is 5.56 Å². The minimum absolute atomic E-state index is 0.00553. The van der Waals surface area contributed by atoms with Gasteiger partial charge in [-0.25, -0.2) is 4.79 Å². The Morgan fingerprint density at radius 3 is 2.35 bits per heavy atom. The molecule has 3 atom stereocenters. The van der Waals surface area contributed by atoms with Crippen molar-refractivity contribution in [1.29, 1.82) is 5.26 Å². The van der Waals surface area contributed by atoms with Crippen LogP contribution in [-0.2, 0) is 0 Å². The molecule has 0 aromatic heterocycles. The highest BCUT2D eigenvalue weighted by molar-refractivity contribution is 5.74. The van der Waals surface area contributed by atoms with Gasteiger partial charge in [-0.3, -0.25) is 0 Å². The Bertz CT molecular complexity index is 479. The molecule has 1 aromatic carbocycles. The Labute approximate surface area is 119 Å². The molecule has 0 radical (unpaired) electrons. The zero-order valence-electron chi connectivity index (χ0n) is 12.1. The molecule has 1 rings (SSSR count). The van der Waals surface area contributed by atoms with Gasteiger partial charge in [-0.15, -0.1) is 0 Å². The molecule has 3 N–H and O–H groups in total. The number of carbonyl (C=O) groups excluding carboxylic acids is 1. The van der Waals surface area contributed by atoms with Crippen LogP contribution in [-0.4, -0.2) is 23.8 Å². The Balaban J connectivity index is 2.54. The lowest BCUT2D eigenvalue weighted by molar-refractivity contribution is 0.199. The third-order valence-electron chi connectivity index (χ3n) is 3.39. The van der Waals surface area contributed by atoms with E-state index >= 15 is 0 Å². The van der Waals surface area contributed by atoms with Crippen molar-refractivity contribution in [1.82, 2.24) is 10.6 Å². The zero-order chi connectivity index (χ0) is 15.1. The molecule has 2 amide bonds. The van der Waals surface area contributed by atoms with Crippen LogP contribution in [0.2, 0.25) is 0 Å². The quantitative estimate of drug-likeness (QED) is 0.767. The number of nitrogens with one attached hydrogen (secondary N) is 2. The minimum Gasteiger partial charge on any atom is -0.396 e. The zero-order valence-corrected chi connectivity index (χ0v) is 12.1. The van der Waals surface area contributed by atoms with Crippen molar-refractivity contribution >= 4 is 6.03 Å². The van der Waals surface area contributed by atoms with Crippen molar-refractivity contribution in [3.05, 3.63) is 35.4 Å². The largest absolute Gasteiger partial charge is 0.396 e. The van der Waals surface area contributed by atoms with Crippen molar-refractivity contribution in [3.8, 4) is 6.07 Å². The summed E-state index contributed by atoms with van der Waals surface area (Å²) in [5.41, 5.74) is 1.53. The number of aliphatic hydroxyl groups is 1. The molecule has 20 heavy (non-hydrogen) atoms. The molecule has 108 valence electrons. The van der Waals surface area contributed by atoms with Gasteiger partial charge in [-0.05, 0) is 37.5 Å². The number of hydrogen-bond acceptors (Lipinski definition) is 3. The first-order valence-corrected chi connectivity index (χ1v) is 6.65. The van der Waals surface area contributed by atoms with E-state index in [0.29, 0.717) is 5.56 Å². The summed E-state index contributed by atoms with van der Waals surface area (Å²) in [6, 6.07) is 8.62. The summed E-state index contributed by atoms with van der Waals surface area (Å²) < 4.78 is 0. The minimum atomic E-state index is -0.269. The van der Waals surface area contributed by atoms with Gasteiger partial charge in [0.15, 0.2) is 0 Å². The predicted octanol–water partition coefficient (Wildman–Crippen LogP) is 1.94. The monoisotopic (exact) mass is 275 g/mol. The second-order valence-corrected chi connectivity index (χ2v) is 5.02. The van der Waals surface area contributed by atoms with Gasteiger partial charge in [-0.1, -0.05) is 19.1 Å². The van der Waals surface area contributed by atoms with Gasteiger partial charge in [0.2, 0.25) is 0 Å². The average molecular weight is 275 g/mol. The van der Waals surface area contributed by atoms with E-state index in [1.807, 2.05) is 32.9 Å². The number of benzene rings is 1. The Kier molecular flexibility index (Phi) is 6.01. The molecular weight excluding hydrogens is 254 g/mol. The van der Waals surface area contributed by atoms with Crippen molar-refractivity contribution in [3.63, 3.8) is 0 Å². The third kappa shape index (κ3) is 4.56. The molecule has 0 fully saturated rings. The van der Waals surface area contributed by atoms with Gasteiger partial charge in [0.25, 0.3) is 0 Å². The van der Waals surface area contributed by atoms with Crippen LogP contribution in [0, 0.1) is 17.2 Å². The maximum absolute atomic E-state index is 11.8. The highest BCUT2D eigenvalue weighted by Gasteiger charge is 2.15. The van der Waals surface area contributed by atoms with E-state index in [1.165, 1.54) is 0 Å². The molecule has 0 aliphatic carbocycles. The van der Waals surface area contributed by atoms with E-state index in [4.69, 9.17) is 10.4 Å². The molecule has 3 unspecified atom stereocenters. The van der Waals surface area contributed by atoms with Crippen LogP contribution in [0.1, 0.15) is 37.9 Å². The van der Waals surface area contributed by atoms with Crippen LogP contribution in [0.3, 0.4) is 0 Å². The Morgan fingerprint density at radius 1 is 1.25 bits per heavy atom. The highest BCUT2D eigenvalue weighted by Crippen LogP contribution is 2.13. The lowest BCUT2D eigenvalue weighted by Crippen LogP contribution is -2.44. The fraction of sp³-hybridized carbons (Fsp3) is 0.467. The SMILES string of the molecule is CC(NC(=O)NC(C)C(C)CO)c1ccc(C#N)cc1. The molecule has 5 heteroatoms. The number of amides is 2. The Hall–Kier alpha value is -2.06. The van der Waals surface area contributed by atoms with E-state index in [9.17, 15) is 4.79 Å². The summed E-state index contributed by atoms with van der Waals surface area (Å²) in [7, 11) is 0. The number of nitriles is 1. The predicted molar refractivity (Wildman–Crippen MR) is 77.0 cm³/mol. The first-order chi connectivity index (χ1) is 9.47. The maximum atomic E-state index is 11.8. The number of urea groups is 1. The first-order valence-electron chi connectivity index (χ1n) is 6.65. The highest BCUT2D eigenvalue weighted by atomic mass is 16.3. The fourth-order valence-corrected chi connectivity index (χ4v) is 1.68. The molecule has 0 saturated carbocycles. The first kappa shape index (κ1) is 16.0. The van der Waals surface area contributed by atoms with Gasteiger partial charge in [0.05, 0.1) is 17.7 Å². The Morgan fingerprint density at radius 2 is 1.85 bits per heavy atom. The van der Waals surface area contributed by atoms with E-state index in [-0.39, 0.29) is 30.6 Å². The third-order valence-corrected chi connectivity index (χ3v) is 3.39. The number of rotatable bonds is 5. The summed E-state index contributed by atoms with van der Waals surface area (Å²) in [4.78, 5) is 11.8. The van der Waals surface area contributed by atoms with Crippen LogP contribution < -0.4 is 10.6 Å². The van der Waals surface area contributed by atoms with Crippen LogP contribution in [0.25, 0.3) is 0 Å². The lowest BCUT2D eigenvalue weighted by Gasteiger charge is -2.21. The smallest absolute Gasteiger partial charge is 0.315 e. The van der Waals surface area contributed by atoms with Crippen LogP contribution in [0.15, 0.2) is 24.3 Å². The summed E-state index contributed by atoms with van der Waals surface area (Å²) in [5, 5.41) is 23.4. The fourth-order valence-electron chi connectivity index (χ4n) is 1.68. The molecule has 0 heterocycles. The normalized spacial score (nSPS) is 14.8. The lowest BCUT2D eigenvalue weighted by atomic mass is 10.1. The number of nitrogens with zero attached hydrogens (tertiary/aromatic N) is 1. The van der Waals surface area contributed by atoms with E-state index in [2.05, 4.69) is 16.7 Å². The summed E-state index contributed by atoms with van der Waals surface area (Å²) in [5.74, 6) is 0.00553. The van der Waals surface area contributed by atoms with Crippen molar-refractivity contribution in [2.45, 2.75) is 32.9 Å². The second-order valence-electron chi connectivity index (χ2n) is 5.02. The van der Waals surface area contributed by atoms with Crippen molar-refractivity contribution in [2.75, 3.05) is 6.61 Å². The van der Waals surface area contributed by atoms with E-state index < -0.39 is 0 Å². The molecule has 0 aliphatic heterocycles. The summed E-state index contributed by atoms with van der Waals surface area (Å²) in [6.07, 6.45) is 0. The van der Waals surface area contributed by atoms with Crippen molar-refractivity contribution in [2.24, 2.45) is 5.92 Å². The molecule has 0 aliphatic rings. The number of aliphatic hydroxyl groups excluding tert-OH is 1. The van der Waals surface area contributed by atoms with Gasteiger partial charge in [-0.2, -0.15) is 5.26 Å². The molecule has 1 aromatic rings. The second kappa shape index (κ2) is 7.51. The molecule has 0 spiro atoms. The average Bonchev–Trinajstić information content (AvgIpc) is 2.46. The topological polar surface area (TPSA) is 85.2 Å². The van der Waals surface area contributed by atoms with E-state index in [1.54, 1.807) is 12.1 Å². The van der Waals surface area contributed by atoms with Gasteiger partial charge >= 0.3 is 6.03 Å². The van der Waals surface area contributed by atoms with Crippen LogP contribution >= 0.6 is 0 Å². The number of carbonyl (C=O) groups is 1. The van der Waals surface area contributed by atoms with Crippen LogP contribution in [0.5, 0.6) is 0 Å². The molecule has 0 bridgehead atoms. The van der Waals surface area contributed by atoms with Crippen LogP contribution in [0.4, 0.5) is 4.79 Å². The van der Waals surface area contributed by atoms with Gasteiger partial charge in [0, 0.05) is 12.6 Å². The molecule has 0 saturated heterocycles. The summed E-state index contributed by atoms with van der Waals surface area (Å²) in [6.45, 7) is 5.63. The maximum Gasteiger partial charge on any atom is 0.315 e. The standard InChI is InChI=1S/C15H21N3O2/c1-10(9-19)11(2)17-15(20)18-12(3)14-6-4-13(8-16)5-7-14/h4-7,10-12,19H,9H2,1-3H3,(H2,17,18,20). The van der Waals surface area contributed by atoms with Crippen molar-refractivity contribution < 1.29 is 9.90 Å². The van der Waals surface area contributed by atoms with Gasteiger partial charge < -0.3 is 15.7 Å². The van der Waals surface area contributed by atoms with Gasteiger partial charge in [0.1, 0.15) is 0 Å².